The molecule has 0 radical (unpaired) electrons. The molecule has 1 unspecified atom stereocenters. The molecule has 1 heterocycles. The van der Waals surface area contributed by atoms with E-state index in [9.17, 15) is 0 Å². The zero-order valence-corrected chi connectivity index (χ0v) is 12.6. The molecule has 1 aliphatic rings. The van der Waals surface area contributed by atoms with Crippen LogP contribution in [0.5, 0.6) is 5.75 Å². The Morgan fingerprint density at radius 2 is 1.90 bits per heavy atom. The van der Waals surface area contributed by atoms with Crippen LogP contribution < -0.4 is 10.1 Å². The molecule has 110 valence electrons. The fourth-order valence-electron chi connectivity index (χ4n) is 2.81. The maximum absolute atomic E-state index is 5.72. The van der Waals surface area contributed by atoms with Gasteiger partial charge in [0.25, 0.3) is 0 Å². The first-order chi connectivity index (χ1) is 10.4. The number of unbranched alkanes of at least 4 members (excludes halogenated alkanes) is 1. The zero-order valence-electron chi connectivity index (χ0n) is 12.6. The highest BCUT2D eigenvalue weighted by atomic mass is 16.5. The lowest BCUT2D eigenvalue weighted by Crippen LogP contribution is -2.13. The second-order valence-electron chi connectivity index (χ2n) is 5.73. The van der Waals surface area contributed by atoms with E-state index >= 15 is 0 Å². The lowest BCUT2D eigenvalue weighted by Gasteiger charge is -2.12. The van der Waals surface area contributed by atoms with Crippen molar-refractivity contribution in [1.82, 2.24) is 0 Å². The number of rotatable bonds is 6. The Morgan fingerprint density at radius 3 is 2.71 bits per heavy atom. The molecule has 3 rings (SSSR count). The highest BCUT2D eigenvalue weighted by molar-refractivity contribution is 5.46. The van der Waals surface area contributed by atoms with Crippen molar-refractivity contribution >= 4 is 5.69 Å². The Morgan fingerprint density at radius 1 is 1.10 bits per heavy atom. The van der Waals surface area contributed by atoms with Gasteiger partial charge in [-0.3, -0.25) is 0 Å². The predicted octanol–water partition coefficient (Wildman–Crippen LogP) is 4.62. The van der Waals surface area contributed by atoms with Gasteiger partial charge < -0.3 is 10.1 Å². The summed E-state index contributed by atoms with van der Waals surface area (Å²) in [5.41, 5.74) is 3.95. The molecule has 1 aliphatic heterocycles. The highest BCUT2D eigenvalue weighted by Crippen LogP contribution is 2.33. The van der Waals surface area contributed by atoms with Crippen LogP contribution in [-0.2, 0) is 6.42 Å². The van der Waals surface area contributed by atoms with Gasteiger partial charge in [0.1, 0.15) is 5.75 Å². The van der Waals surface area contributed by atoms with Crippen LogP contribution in [0.2, 0.25) is 0 Å². The van der Waals surface area contributed by atoms with Crippen LogP contribution in [0.1, 0.15) is 36.8 Å². The summed E-state index contributed by atoms with van der Waals surface area (Å²) in [6.45, 7) is 3.93. The molecule has 1 N–H and O–H groups in total. The molecule has 0 amide bonds. The third kappa shape index (κ3) is 3.38. The molecule has 1 atom stereocenters. The van der Waals surface area contributed by atoms with Crippen molar-refractivity contribution in [2.75, 3.05) is 18.5 Å². The number of hydrogen-bond acceptors (Lipinski definition) is 2. The number of fused-ring (bicyclic) bond motifs is 1. The first-order valence-corrected chi connectivity index (χ1v) is 7.91. The molecule has 21 heavy (non-hydrogen) atoms. The van der Waals surface area contributed by atoms with Gasteiger partial charge in [-0.2, -0.15) is 0 Å². The van der Waals surface area contributed by atoms with Gasteiger partial charge in [0, 0.05) is 23.7 Å². The molecule has 0 saturated heterocycles. The Hall–Kier alpha value is -1.96. The highest BCUT2D eigenvalue weighted by Gasteiger charge is 2.22. The molecule has 0 spiro atoms. The van der Waals surface area contributed by atoms with Crippen molar-refractivity contribution < 1.29 is 4.74 Å². The summed E-state index contributed by atoms with van der Waals surface area (Å²) in [4.78, 5) is 0. The minimum absolute atomic E-state index is 0.445. The standard InChI is InChI=1S/C19H23NO/c1-2-3-6-15-9-11-17(12-10-15)20-13-16-14-21-19-8-5-4-7-18(16)19/h4-5,7-12,16,20H,2-3,6,13-14H2,1H3. The molecular formula is C19H23NO. The fourth-order valence-corrected chi connectivity index (χ4v) is 2.81. The van der Waals surface area contributed by atoms with Crippen molar-refractivity contribution in [3.63, 3.8) is 0 Å². The molecule has 0 saturated carbocycles. The summed E-state index contributed by atoms with van der Waals surface area (Å²) < 4.78 is 5.72. The normalized spacial score (nSPS) is 16.3. The Kier molecular flexibility index (Phi) is 4.44. The van der Waals surface area contributed by atoms with Crippen LogP contribution in [0.15, 0.2) is 48.5 Å². The van der Waals surface area contributed by atoms with Gasteiger partial charge in [-0.25, -0.2) is 0 Å². The lowest BCUT2D eigenvalue weighted by molar-refractivity contribution is 0.334. The van der Waals surface area contributed by atoms with E-state index < -0.39 is 0 Å². The van der Waals surface area contributed by atoms with Crippen LogP contribution in [0, 0.1) is 0 Å². The first kappa shape index (κ1) is 14.0. The van der Waals surface area contributed by atoms with Crippen molar-refractivity contribution in [2.45, 2.75) is 32.1 Å². The Balaban J connectivity index is 1.56. The van der Waals surface area contributed by atoms with Gasteiger partial charge in [0.2, 0.25) is 0 Å². The second-order valence-corrected chi connectivity index (χ2v) is 5.73. The van der Waals surface area contributed by atoms with Crippen LogP contribution in [0.4, 0.5) is 5.69 Å². The largest absolute Gasteiger partial charge is 0.493 e. The van der Waals surface area contributed by atoms with Gasteiger partial charge in [-0.15, -0.1) is 0 Å². The molecule has 2 heteroatoms. The van der Waals surface area contributed by atoms with Crippen LogP contribution >= 0.6 is 0 Å². The smallest absolute Gasteiger partial charge is 0.122 e. The van der Waals surface area contributed by atoms with Gasteiger partial charge in [0.05, 0.1) is 6.61 Å². The molecule has 0 fully saturated rings. The number of ether oxygens (including phenoxy) is 1. The van der Waals surface area contributed by atoms with Crippen molar-refractivity contribution in [3.05, 3.63) is 59.7 Å². The summed E-state index contributed by atoms with van der Waals surface area (Å²) in [5.74, 6) is 1.49. The predicted molar refractivity (Wildman–Crippen MR) is 88.2 cm³/mol. The SMILES string of the molecule is CCCCc1ccc(NCC2COc3ccccc32)cc1. The Labute approximate surface area is 127 Å². The first-order valence-electron chi connectivity index (χ1n) is 7.91. The summed E-state index contributed by atoms with van der Waals surface area (Å²) in [7, 11) is 0. The van der Waals surface area contributed by atoms with Crippen molar-refractivity contribution in [2.24, 2.45) is 0 Å². The topological polar surface area (TPSA) is 21.3 Å². The van der Waals surface area contributed by atoms with E-state index in [1.807, 2.05) is 6.07 Å². The quantitative estimate of drug-likeness (QED) is 0.834. The molecule has 0 aliphatic carbocycles. The molecule has 0 aromatic heterocycles. The van der Waals surface area contributed by atoms with Crippen LogP contribution in [0.25, 0.3) is 0 Å². The maximum Gasteiger partial charge on any atom is 0.122 e. The van der Waals surface area contributed by atoms with Gasteiger partial charge >= 0.3 is 0 Å². The fraction of sp³-hybridized carbons (Fsp3) is 0.368. The van der Waals surface area contributed by atoms with E-state index in [0.717, 1.165) is 18.9 Å². The number of para-hydroxylation sites is 1. The molecule has 2 aromatic rings. The van der Waals surface area contributed by atoms with Crippen molar-refractivity contribution in [3.8, 4) is 5.75 Å². The van der Waals surface area contributed by atoms with E-state index in [4.69, 9.17) is 4.74 Å². The summed E-state index contributed by atoms with van der Waals surface area (Å²) in [6.07, 6.45) is 3.70. The van der Waals surface area contributed by atoms with Gasteiger partial charge in [-0.05, 0) is 36.6 Å². The third-order valence-corrected chi connectivity index (χ3v) is 4.12. The summed E-state index contributed by atoms with van der Waals surface area (Å²) in [5, 5.41) is 3.53. The molecule has 2 nitrogen and oxygen atoms in total. The lowest BCUT2D eigenvalue weighted by atomic mass is 10.0. The molecule has 0 bridgehead atoms. The number of nitrogens with one attached hydrogen (secondary N) is 1. The number of hydrogen-bond donors (Lipinski definition) is 1. The minimum Gasteiger partial charge on any atom is -0.493 e. The summed E-state index contributed by atoms with van der Waals surface area (Å²) in [6, 6.07) is 17.2. The zero-order chi connectivity index (χ0) is 14.5. The van der Waals surface area contributed by atoms with Gasteiger partial charge in [0.15, 0.2) is 0 Å². The second kappa shape index (κ2) is 6.66. The average Bonchev–Trinajstić information content (AvgIpc) is 2.95. The van der Waals surface area contributed by atoms with E-state index in [-0.39, 0.29) is 0 Å². The minimum atomic E-state index is 0.445. The van der Waals surface area contributed by atoms with E-state index in [2.05, 4.69) is 54.7 Å². The number of benzene rings is 2. The van der Waals surface area contributed by atoms with E-state index in [0.29, 0.717) is 5.92 Å². The van der Waals surface area contributed by atoms with Crippen molar-refractivity contribution in [1.29, 1.82) is 0 Å². The van der Waals surface area contributed by atoms with E-state index in [1.165, 1.54) is 36.1 Å². The third-order valence-electron chi connectivity index (χ3n) is 4.12. The van der Waals surface area contributed by atoms with Gasteiger partial charge in [-0.1, -0.05) is 43.7 Å². The van der Waals surface area contributed by atoms with Crippen LogP contribution in [-0.4, -0.2) is 13.2 Å². The number of anilines is 1. The monoisotopic (exact) mass is 281 g/mol. The Bertz CT molecular complexity index is 576. The summed E-state index contributed by atoms with van der Waals surface area (Å²) >= 11 is 0. The molecular weight excluding hydrogens is 258 g/mol. The average molecular weight is 281 g/mol. The van der Waals surface area contributed by atoms with E-state index in [1.54, 1.807) is 0 Å². The van der Waals surface area contributed by atoms with Crippen LogP contribution in [0.3, 0.4) is 0 Å². The molecule has 2 aromatic carbocycles. The maximum atomic E-state index is 5.72. The number of aryl methyl sites for hydroxylation is 1.